The van der Waals surface area contributed by atoms with Crippen molar-refractivity contribution in [2.45, 2.75) is 32.4 Å². The molecule has 1 N–H and O–H groups in total. The molecule has 2 nitrogen and oxygen atoms in total. The summed E-state index contributed by atoms with van der Waals surface area (Å²) in [6, 6.07) is 15.2. The molecule has 0 saturated heterocycles. The molecule has 0 spiro atoms. The van der Waals surface area contributed by atoms with E-state index in [-0.39, 0.29) is 6.10 Å². The Balaban J connectivity index is 1.93. The van der Waals surface area contributed by atoms with Gasteiger partial charge in [-0.05, 0) is 37.2 Å². The van der Waals surface area contributed by atoms with Crippen LogP contribution in [0.1, 0.15) is 42.2 Å². The van der Waals surface area contributed by atoms with Crippen LogP contribution in [0.3, 0.4) is 0 Å². The third-order valence-corrected chi connectivity index (χ3v) is 4.46. The van der Waals surface area contributed by atoms with Gasteiger partial charge in [0.15, 0.2) is 0 Å². The highest BCUT2D eigenvalue weighted by Crippen LogP contribution is 2.41. The number of hydrogen-bond acceptors (Lipinski definition) is 2. The van der Waals surface area contributed by atoms with E-state index in [9.17, 15) is 0 Å². The average molecular weight is 346 g/mol. The van der Waals surface area contributed by atoms with Crippen LogP contribution >= 0.6 is 15.9 Å². The number of ether oxygens (including phenoxy) is 1. The van der Waals surface area contributed by atoms with Crippen LogP contribution in [0.5, 0.6) is 5.75 Å². The Morgan fingerprint density at radius 2 is 1.95 bits per heavy atom. The summed E-state index contributed by atoms with van der Waals surface area (Å²) in [7, 11) is 0. The molecule has 2 unspecified atom stereocenters. The van der Waals surface area contributed by atoms with Gasteiger partial charge in [-0.2, -0.15) is 0 Å². The van der Waals surface area contributed by atoms with Gasteiger partial charge in [0.05, 0.1) is 0 Å². The van der Waals surface area contributed by atoms with E-state index in [1.54, 1.807) is 0 Å². The van der Waals surface area contributed by atoms with Gasteiger partial charge < -0.3 is 10.1 Å². The maximum atomic E-state index is 6.23. The first-order valence-corrected chi connectivity index (χ1v) is 8.22. The first kappa shape index (κ1) is 14.6. The molecule has 0 fully saturated rings. The molecule has 21 heavy (non-hydrogen) atoms. The standard InChI is InChI=1S/C18H20BrNO/c1-3-20-16-11-18(13-6-4-12(2)5-7-13)21-17-9-8-14(19)10-15(16)17/h4-10,16,18,20H,3,11H2,1-2H3. The molecule has 1 aliphatic rings. The number of hydrogen-bond donors (Lipinski definition) is 1. The number of halogens is 1. The second kappa shape index (κ2) is 6.20. The predicted molar refractivity (Wildman–Crippen MR) is 89.7 cm³/mol. The molecule has 2 aromatic rings. The van der Waals surface area contributed by atoms with Crippen molar-refractivity contribution in [2.24, 2.45) is 0 Å². The van der Waals surface area contributed by atoms with E-state index in [0.717, 1.165) is 23.2 Å². The molecule has 110 valence electrons. The van der Waals surface area contributed by atoms with Gasteiger partial charge in [-0.3, -0.25) is 0 Å². The molecule has 0 radical (unpaired) electrons. The van der Waals surface area contributed by atoms with Crippen LogP contribution < -0.4 is 10.1 Å². The Bertz CT molecular complexity index is 624. The largest absolute Gasteiger partial charge is 0.485 e. The van der Waals surface area contributed by atoms with E-state index in [4.69, 9.17) is 4.74 Å². The van der Waals surface area contributed by atoms with E-state index in [2.05, 4.69) is 71.5 Å². The minimum Gasteiger partial charge on any atom is -0.485 e. The Morgan fingerprint density at radius 3 is 2.67 bits per heavy atom. The molecule has 1 heterocycles. The lowest BCUT2D eigenvalue weighted by Gasteiger charge is -2.33. The van der Waals surface area contributed by atoms with Crippen molar-refractivity contribution in [3.63, 3.8) is 0 Å². The summed E-state index contributed by atoms with van der Waals surface area (Å²) in [4.78, 5) is 0. The van der Waals surface area contributed by atoms with Crippen molar-refractivity contribution in [1.29, 1.82) is 0 Å². The summed E-state index contributed by atoms with van der Waals surface area (Å²) in [5.41, 5.74) is 3.77. The summed E-state index contributed by atoms with van der Waals surface area (Å²) < 4.78 is 7.33. The van der Waals surface area contributed by atoms with E-state index in [1.807, 2.05) is 6.07 Å². The zero-order chi connectivity index (χ0) is 14.8. The Hall–Kier alpha value is -1.32. The first-order chi connectivity index (χ1) is 10.2. The molecule has 2 aromatic carbocycles. The predicted octanol–water partition coefficient (Wildman–Crippen LogP) is 4.93. The molecular formula is C18H20BrNO. The fraction of sp³-hybridized carbons (Fsp3) is 0.333. The highest BCUT2D eigenvalue weighted by atomic mass is 79.9. The number of aryl methyl sites for hydroxylation is 1. The first-order valence-electron chi connectivity index (χ1n) is 7.43. The monoisotopic (exact) mass is 345 g/mol. The van der Waals surface area contributed by atoms with Crippen LogP contribution in [0.4, 0.5) is 0 Å². The van der Waals surface area contributed by atoms with Gasteiger partial charge >= 0.3 is 0 Å². The van der Waals surface area contributed by atoms with Gasteiger partial charge in [-0.25, -0.2) is 0 Å². The van der Waals surface area contributed by atoms with Crippen LogP contribution in [0, 0.1) is 6.92 Å². The molecule has 2 atom stereocenters. The van der Waals surface area contributed by atoms with Crippen molar-refractivity contribution >= 4 is 15.9 Å². The minimum atomic E-state index is 0.114. The topological polar surface area (TPSA) is 21.3 Å². The Kier molecular flexibility index (Phi) is 4.32. The van der Waals surface area contributed by atoms with Crippen LogP contribution in [0.25, 0.3) is 0 Å². The Labute approximate surface area is 134 Å². The van der Waals surface area contributed by atoms with E-state index >= 15 is 0 Å². The summed E-state index contributed by atoms with van der Waals surface area (Å²) in [5.74, 6) is 0.987. The van der Waals surface area contributed by atoms with Gasteiger partial charge in [0.2, 0.25) is 0 Å². The molecule has 0 amide bonds. The maximum Gasteiger partial charge on any atom is 0.126 e. The normalized spacial score (nSPS) is 20.7. The lowest BCUT2D eigenvalue weighted by Crippen LogP contribution is -2.29. The SMILES string of the molecule is CCNC1CC(c2ccc(C)cc2)Oc2ccc(Br)cc21. The van der Waals surface area contributed by atoms with E-state index in [0.29, 0.717) is 6.04 Å². The highest BCUT2D eigenvalue weighted by Gasteiger charge is 2.28. The van der Waals surface area contributed by atoms with Crippen LogP contribution in [-0.2, 0) is 0 Å². The fourth-order valence-corrected chi connectivity index (χ4v) is 3.25. The zero-order valence-electron chi connectivity index (χ0n) is 12.4. The number of benzene rings is 2. The van der Waals surface area contributed by atoms with Crippen molar-refractivity contribution in [1.82, 2.24) is 5.32 Å². The van der Waals surface area contributed by atoms with Crippen LogP contribution in [0.2, 0.25) is 0 Å². The van der Waals surface area contributed by atoms with Crippen molar-refractivity contribution in [3.8, 4) is 5.75 Å². The van der Waals surface area contributed by atoms with Crippen molar-refractivity contribution < 1.29 is 4.74 Å². The smallest absolute Gasteiger partial charge is 0.126 e. The molecule has 0 saturated carbocycles. The van der Waals surface area contributed by atoms with Gasteiger partial charge in [0, 0.05) is 22.5 Å². The third-order valence-electron chi connectivity index (χ3n) is 3.97. The molecular weight excluding hydrogens is 326 g/mol. The van der Waals surface area contributed by atoms with Crippen molar-refractivity contribution in [2.75, 3.05) is 6.54 Å². The summed E-state index contributed by atoms with van der Waals surface area (Å²) in [6.45, 7) is 5.21. The van der Waals surface area contributed by atoms with Gasteiger partial charge in [0.25, 0.3) is 0 Å². The van der Waals surface area contributed by atoms with Gasteiger partial charge in [0.1, 0.15) is 11.9 Å². The summed E-state index contributed by atoms with van der Waals surface area (Å²) in [5, 5.41) is 3.58. The van der Waals surface area contributed by atoms with Crippen LogP contribution in [-0.4, -0.2) is 6.54 Å². The number of nitrogens with one attached hydrogen (secondary N) is 1. The third kappa shape index (κ3) is 3.14. The quantitative estimate of drug-likeness (QED) is 0.851. The van der Waals surface area contributed by atoms with E-state index < -0.39 is 0 Å². The van der Waals surface area contributed by atoms with Gasteiger partial charge in [-0.15, -0.1) is 0 Å². The van der Waals surface area contributed by atoms with Crippen LogP contribution in [0.15, 0.2) is 46.9 Å². The summed E-state index contributed by atoms with van der Waals surface area (Å²) >= 11 is 3.55. The molecule has 3 heteroatoms. The molecule has 3 rings (SSSR count). The fourth-order valence-electron chi connectivity index (χ4n) is 2.87. The second-order valence-electron chi connectivity index (χ2n) is 5.55. The minimum absolute atomic E-state index is 0.114. The lowest BCUT2D eigenvalue weighted by atomic mass is 9.92. The lowest BCUT2D eigenvalue weighted by molar-refractivity contribution is 0.152. The molecule has 0 aromatic heterocycles. The zero-order valence-corrected chi connectivity index (χ0v) is 14.0. The molecule has 1 aliphatic heterocycles. The molecule has 0 bridgehead atoms. The average Bonchev–Trinajstić information content (AvgIpc) is 2.48. The Morgan fingerprint density at radius 1 is 1.19 bits per heavy atom. The highest BCUT2D eigenvalue weighted by molar-refractivity contribution is 9.10. The molecule has 0 aliphatic carbocycles. The van der Waals surface area contributed by atoms with Gasteiger partial charge in [-0.1, -0.05) is 52.7 Å². The second-order valence-corrected chi connectivity index (χ2v) is 6.46. The maximum absolute atomic E-state index is 6.23. The van der Waals surface area contributed by atoms with Crippen molar-refractivity contribution in [3.05, 3.63) is 63.6 Å². The summed E-state index contributed by atoms with van der Waals surface area (Å²) in [6.07, 6.45) is 1.07. The van der Waals surface area contributed by atoms with E-state index in [1.165, 1.54) is 16.7 Å². The number of rotatable bonds is 3. The number of fused-ring (bicyclic) bond motifs is 1.